The van der Waals surface area contributed by atoms with Gasteiger partial charge in [0.25, 0.3) is 0 Å². The molecule has 0 saturated heterocycles. The van der Waals surface area contributed by atoms with Crippen molar-refractivity contribution in [2.24, 2.45) is 0 Å². The number of fused-ring (bicyclic) bond motifs is 3. The van der Waals surface area contributed by atoms with Gasteiger partial charge in [0.05, 0.1) is 0 Å². The third-order valence-electron chi connectivity index (χ3n) is 6.54. The molecule has 3 N–H and O–H groups in total. The smallest absolute Gasteiger partial charge is 0.408 e. The van der Waals surface area contributed by atoms with Crippen molar-refractivity contribution < 1.29 is 24.2 Å². The van der Waals surface area contributed by atoms with Crippen LogP contribution in [0.1, 0.15) is 50.2 Å². The molecule has 2 amide bonds. The quantitative estimate of drug-likeness (QED) is 0.437. The highest BCUT2D eigenvalue weighted by Crippen LogP contribution is 2.44. The zero-order valence-corrected chi connectivity index (χ0v) is 20.6. The van der Waals surface area contributed by atoms with Gasteiger partial charge >= 0.3 is 12.1 Å². The average Bonchev–Trinajstić information content (AvgIpc) is 3.17. The second-order valence-corrected chi connectivity index (χ2v) is 9.37. The first-order valence-corrected chi connectivity index (χ1v) is 12.9. The SMILES string of the molecule is CCC(CC)(NC(=O)OCC1c2ccccc2-c2ccccc21)C(=O)NC(CCSC)C(=O)O. The number of ether oxygens (including phenoxy) is 1. The molecule has 8 heteroatoms. The first kappa shape index (κ1) is 25.6. The van der Waals surface area contributed by atoms with Gasteiger partial charge in [-0.25, -0.2) is 9.59 Å². The first-order valence-electron chi connectivity index (χ1n) is 11.5. The standard InChI is InChI=1S/C26H32N2O5S/c1-4-26(5-2,24(31)27-22(23(29)30)14-15-34-3)28-25(32)33-16-21-19-12-8-6-10-17(19)18-11-7-9-13-20(18)21/h6-13,21-22H,4-5,14-16H2,1-3H3,(H,27,31)(H,28,32)(H,29,30). The number of carboxylic acid groups (broad SMARTS) is 1. The molecular formula is C26H32N2O5S. The summed E-state index contributed by atoms with van der Waals surface area (Å²) < 4.78 is 5.62. The number of alkyl carbamates (subject to hydrolysis) is 1. The second-order valence-electron chi connectivity index (χ2n) is 8.39. The first-order chi connectivity index (χ1) is 16.4. The third kappa shape index (κ3) is 5.38. The van der Waals surface area contributed by atoms with Crippen LogP contribution in [-0.4, -0.2) is 53.3 Å². The summed E-state index contributed by atoms with van der Waals surface area (Å²) in [6, 6.07) is 15.1. The Morgan fingerprint density at radius 3 is 2.09 bits per heavy atom. The van der Waals surface area contributed by atoms with Gasteiger partial charge in [-0.1, -0.05) is 62.4 Å². The van der Waals surface area contributed by atoms with E-state index in [1.807, 2.05) is 42.7 Å². The summed E-state index contributed by atoms with van der Waals surface area (Å²) in [7, 11) is 0. The van der Waals surface area contributed by atoms with Crippen LogP contribution >= 0.6 is 11.8 Å². The fourth-order valence-corrected chi connectivity index (χ4v) is 4.90. The topological polar surface area (TPSA) is 105 Å². The van der Waals surface area contributed by atoms with E-state index < -0.39 is 29.6 Å². The van der Waals surface area contributed by atoms with Crippen molar-refractivity contribution in [1.29, 1.82) is 0 Å². The monoisotopic (exact) mass is 484 g/mol. The molecule has 1 unspecified atom stereocenters. The van der Waals surface area contributed by atoms with Crippen LogP contribution in [0.15, 0.2) is 48.5 Å². The van der Waals surface area contributed by atoms with Crippen molar-refractivity contribution in [1.82, 2.24) is 10.6 Å². The number of amides is 2. The molecule has 34 heavy (non-hydrogen) atoms. The van der Waals surface area contributed by atoms with E-state index in [0.717, 1.165) is 22.3 Å². The Balaban J connectivity index is 1.69. The number of benzene rings is 2. The van der Waals surface area contributed by atoms with Crippen LogP contribution in [0.5, 0.6) is 0 Å². The van der Waals surface area contributed by atoms with Crippen LogP contribution in [0.4, 0.5) is 4.79 Å². The Morgan fingerprint density at radius 2 is 1.59 bits per heavy atom. The van der Waals surface area contributed by atoms with E-state index in [1.165, 1.54) is 11.8 Å². The molecule has 3 rings (SSSR count). The summed E-state index contributed by atoms with van der Waals surface area (Å²) >= 11 is 1.51. The maximum atomic E-state index is 13.1. The van der Waals surface area contributed by atoms with Gasteiger partial charge in [0.1, 0.15) is 18.2 Å². The minimum atomic E-state index is -1.25. The van der Waals surface area contributed by atoms with E-state index in [-0.39, 0.29) is 12.5 Å². The normalized spacial score (nSPS) is 13.5. The fraction of sp³-hybridized carbons (Fsp3) is 0.423. The molecule has 2 aromatic rings. The molecule has 0 bridgehead atoms. The molecule has 0 fully saturated rings. The van der Waals surface area contributed by atoms with Crippen LogP contribution in [0.25, 0.3) is 11.1 Å². The number of carboxylic acids is 1. The second kappa shape index (κ2) is 11.4. The molecule has 1 atom stereocenters. The zero-order valence-electron chi connectivity index (χ0n) is 19.8. The largest absolute Gasteiger partial charge is 0.480 e. The Kier molecular flexibility index (Phi) is 8.61. The molecule has 7 nitrogen and oxygen atoms in total. The maximum absolute atomic E-state index is 13.1. The summed E-state index contributed by atoms with van der Waals surface area (Å²) in [5.41, 5.74) is 3.21. The summed E-state index contributed by atoms with van der Waals surface area (Å²) in [4.78, 5) is 37.5. The lowest BCUT2D eigenvalue weighted by Gasteiger charge is -2.32. The van der Waals surface area contributed by atoms with Crippen LogP contribution < -0.4 is 10.6 Å². The number of aliphatic carboxylic acids is 1. The summed E-state index contributed by atoms with van der Waals surface area (Å²) in [6.07, 6.45) is 2.08. The van der Waals surface area contributed by atoms with Gasteiger partial charge in [-0.3, -0.25) is 4.79 Å². The van der Waals surface area contributed by atoms with E-state index in [4.69, 9.17) is 4.74 Å². The molecule has 0 spiro atoms. The van der Waals surface area contributed by atoms with Gasteiger partial charge in [0.2, 0.25) is 5.91 Å². The van der Waals surface area contributed by atoms with Crippen LogP contribution in [0.3, 0.4) is 0 Å². The summed E-state index contributed by atoms with van der Waals surface area (Å²) in [5, 5.41) is 14.8. The van der Waals surface area contributed by atoms with Crippen molar-refractivity contribution in [3.05, 3.63) is 59.7 Å². The van der Waals surface area contributed by atoms with Crippen LogP contribution in [0, 0.1) is 0 Å². The lowest BCUT2D eigenvalue weighted by atomic mass is 9.91. The van der Waals surface area contributed by atoms with Crippen molar-refractivity contribution >= 4 is 29.7 Å². The molecule has 0 saturated carbocycles. The van der Waals surface area contributed by atoms with Gasteiger partial charge in [-0.05, 0) is 53.5 Å². The number of nitrogens with one attached hydrogen (secondary N) is 2. The Hall–Kier alpha value is -3.00. The van der Waals surface area contributed by atoms with Crippen molar-refractivity contribution in [2.45, 2.75) is 50.6 Å². The highest BCUT2D eigenvalue weighted by molar-refractivity contribution is 7.98. The molecule has 182 valence electrons. The Morgan fingerprint density at radius 1 is 1.03 bits per heavy atom. The van der Waals surface area contributed by atoms with Crippen LogP contribution in [-0.2, 0) is 14.3 Å². The zero-order chi connectivity index (χ0) is 24.7. The molecule has 1 aliphatic rings. The van der Waals surface area contributed by atoms with Gasteiger partial charge in [0.15, 0.2) is 0 Å². The van der Waals surface area contributed by atoms with Gasteiger partial charge in [-0.2, -0.15) is 11.8 Å². The number of thioether (sulfide) groups is 1. The van der Waals surface area contributed by atoms with Crippen molar-refractivity contribution in [3.8, 4) is 11.1 Å². The minimum Gasteiger partial charge on any atom is -0.480 e. The van der Waals surface area contributed by atoms with Gasteiger partial charge in [-0.15, -0.1) is 0 Å². The maximum Gasteiger partial charge on any atom is 0.408 e. The number of hydrogen-bond acceptors (Lipinski definition) is 5. The molecule has 0 radical (unpaired) electrons. The Labute approximate surface area is 204 Å². The predicted octanol–water partition coefficient (Wildman–Crippen LogP) is 4.41. The lowest BCUT2D eigenvalue weighted by Crippen LogP contribution is -2.60. The molecule has 0 aromatic heterocycles. The molecule has 2 aromatic carbocycles. The third-order valence-corrected chi connectivity index (χ3v) is 7.18. The summed E-state index contributed by atoms with van der Waals surface area (Å²) in [5.74, 6) is -1.10. The highest BCUT2D eigenvalue weighted by atomic mass is 32.2. The molecular weight excluding hydrogens is 452 g/mol. The van der Waals surface area contributed by atoms with Crippen molar-refractivity contribution in [3.63, 3.8) is 0 Å². The number of carbonyl (C=O) groups is 3. The Bertz CT molecular complexity index is 992. The number of rotatable bonds is 11. The number of hydrogen-bond donors (Lipinski definition) is 3. The highest BCUT2D eigenvalue weighted by Gasteiger charge is 2.39. The van der Waals surface area contributed by atoms with E-state index in [1.54, 1.807) is 13.8 Å². The van der Waals surface area contributed by atoms with Crippen molar-refractivity contribution in [2.75, 3.05) is 18.6 Å². The minimum absolute atomic E-state index is 0.0902. The fourth-order valence-electron chi connectivity index (χ4n) is 4.42. The lowest BCUT2D eigenvalue weighted by molar-refractivity contribution is -0.143. The molecule has 0 heterocycles. The molecule has 1 aliphatic carbocycles. The number of carbonyl (C=O) groups excluding carboxylic acids is 2. The average molecular weight is 485 g/mol. The van der Waals surface area contributed by atoms with Gasteiger partial charge < -0.3 is 20.5 Å². The van der Waals surface area contributed by atoms with E-state index in [2.05, 4.69) is 22.8 Å². The van der Waals surface area contributed by atoms with E-state index in [9.17, 15) is 19.5 Å². The van der Waals surface area contributed by atoms with Gasteiger partial charge in [0, 0.05) is 5.92 Å². The summed E-state index contributed by atoms with van der Waals surface area (Å²) in [6.45, 7) is 3.70. The van der Waals surface area contributed by atoms with Crippen LogP contribution in [0.2, 0.25) is 0 Å². The predicted molar refractivity (Wildman–Crippen MR) is 134 cm³/mol. The molecule has 0 aliphatic heterocycles. The van der Waals surface area contributed by atoms with E-state index in [0.29, 0.717) is 25.0 Å². The van der Waals surface area contributed by atoms with E-state index >= 15 is 0 Å².